The van der Waals surface area contributed by atoms with Gasteiger partial charge in [0.05, 0.1) is 18.4 Å². The van der Waals surface area contributed by atoms with E-state index in [9.17, 15) is 0 Å². The zero-order valence-corrected chi connectivity index (χ0v) is 10.5. The molecule has 0 fully saturated rings. The molecule has 90 valence electrons. The van der Waals surface area contributed by atoms with Gasteiger partial charge in [-0.05, 0) is 18.2 Å². The SMILES string of the molecule is CCNCc1cn(Cc2ccccc2Cl)nn1. The average molecular weight is 251 g/mol. The Balaban J connectivity index is 2.04. The number of hydrogen-bond acceptors (Lipinski definition) is 3. The van der Waals surface area contributed by atoms with Crippen molar-refractivity contribution in [2.75, 3.05) is 6.54 Å². The largest absolute Gasteiger partial charge is 0.311 e. The summed E-state index contributed by atoms with van der Waals surface area (Å²) in [5.41, 5.74) is 1.99. The van der Waals surface area contributed by atoms with E-state index in [1.54, 1.807) is 4.68 Å². The van der Waals surface area contributed by atoms with Crippen LogP contribution in [-0.2, 0) is 13.1 Å². The van der Waals surface area contributed by atoms with Crippen LogP contribution in [0.4, 0.5) is 0 Å². The highest BCUT2D eigenvalue weighted by molar-refractivity contribution is 6.31. The highest BCUT2D eigenvalue weighted by Crippen LogP contribution is 2.15. The molecule has 4 nitrogen and oxygen atoms in total. The van der Waals surface area contributed by atoms with Gasteiger partial charge < -0.3 is 5.32 Å². The van der Waals surface area contributed by atoms with Crippen molar-refractivity contribution in [3.8, 4) is 0 Å². The van der Waals surface area contributed by atoms with Gasteiger partial charge >= 0.3 is 0 Å². The predicted octanol–water partition coefficient (Wildman–Crippen LogP) is 2.09. The lowest BCUT2D eigenvalue weighted by molar-refractivity contribution is 0.648. The van der Waals surface area contributed by atoms with Gasteiger partial charge in [0.2, 0.25) is 0 Å². The molecule has 0 saturated heterocycles. The van der Waals surface area contributed by atoms with E-state index >= 15 is 0 Å². The Hall–Kier alpha value is -1.39. The summed E-state index contributed by atoms with van der Waals surface area (Å²) < 4.78 is 1.80. The molecule has 0 saturated carbocycles. The first-order chi connectivity index (χ1) is 8.29. The Morgan fingerprint density at radius 2 is 2.18 bits per heavy atom. The molecule has 1 aromatic carbocycles. The molecular weight excluding hydrogens is 236 g/mol. The van der Waals surface area contributed by atoms with Crippen LogP contribution in [0.15, 0.2) is 30.5 Å². The van der Waals surface area contributed by atoms with Crippen molar-refractivity contribution in [2.45, 2.75) is 20.0 Å². The van der Waals surface area contributed by atoms with Gasteiger partial charge in [0.1, 0.15) is 0 Å². The molecule has 0 radical (unpaired) electrons. The number of rotatable bonds is 5. The number of aromatic nitrogens is 3. The zero-order chi connectivity index (χ0) is 12.1. The predicted molar refractivity (Wildman–Crippen MR) is 68.0 cm³/mol. The molecule has 0 unspecified atom stereocenters. The van der Waals surface area contributed by atoms with Crippen LogP contribution >= 0.6 is 11.6 Å². The summed E-state index contributed by atoms with van der Waals surface area (Å²) in [6, 6.07) is 7.77. The van der Waals surface area contributed by atoms with E-state index in [0.717, 1.165) is 29.4 Å². The van der Waals surface area contributed by atoms with Gasteiger partial charge in [-0.2, -0.15) is 0 Å². The minimum Gasteiger partial charge on any atom is -0.311 e. The van der Waals surface area contributed by atoms with Crippen LogP contribution in [0.2, 0.25) is 5.02 Å². The van der Waals surface area contributed by atoms with E-state index in [2.05, 4.69) is 22.6 Å². The van der Waals surface area contributed by atoms with Crippen molar-refractivity contribution in [1.82, 2.24) is 20.3 Å². The molecular formula is C12H15ClN4. The summed E-state index contributed by atoms with van der Waals surface area (Å²) >= 11 is 6.09. The third-order valence-corrected chi connectivity index (χ3v) is 2.80. The molecule has 2 aromatic rings. The second-order valence-corrected chi connectivity index (χ2v) is 4.19. The molecule has 0 aliphatic heterocycles. The minimum absolute atomic E-state index is 0.652. The molecule has 0 spiro atoms. The Morgan fingerprint density at radius 1 is 1.35 bits per heavy atom. The maximum atomic E-state index is 6.09. The summed E-state index contributed by atoms with van der Waals surface area (Å²) in [4.78, 5) is 0. The number of hydrogen-bond donors (Lipinski definition) is 1. The van der Waals surface area contributed by atoms with Crippen LogP contribution in [-0.4, -0.2) is 21.5 Å². The molecule has 0 bridgehead atoms. The van der Waals surface area contributed by atoms with Crippen LogP contribution in [0.1, 0.15) is 18.2 Å². The summed E-state index contributed by atoms with van der Waals surface area (Å²) in [6.45, 7) is 4.39. The second kappa shape index (κ2) is 5.80. The minimum atomic E-state index is 0.652. The van der Waals surface area contributed by atoms with Crippen molar-refractivity contribution in [2.24, 2.45) is 0 Å². The van der Waals surface area contributed by atoms with Gasteiger partial charge in [-0.15, -0.1) is 5.10 Å². The number of nitrogens with one attached hydrogen (secondary N) is 1. The van der Waals surface area contributed by atoms with Gasteiger partial charge in [0.25, 0.3) is 0 Å². The van der Waals surface area contributed by atoms with E-state index in [-0.39, 0.29) is 0 Å². The van der Waals surface area contributed by atoms with Crippen molar-refractivity contribution >= 4 is 11.6 Å². The first-order valence-electron chi connectivity index (χ1n) is 5.62. The molecule has 17 heavy (non-hydrogen) atoms. The Labute approximate surface area is 106 Å². The summed E-state index contributed by atoms with van der Waals surface area (Å²) in [7, 11) is 0. The quantitative estimate of drug-likeness (QED) is 0.884. The topological polar surface area (TPSA) is 42.7 Å². The van der Waals surface area contributed by atoms with E-state index in [1.807, 2.05) is 30.5 Å². The fourth-order valence-electron chi connectivity index (χ4n) is 1.55. The number of benzene rings is 1. The summed E-state index contributed by atoms with van der Waals surface area (Å²) in [5, 5.41) is 12.1. The Morgan fingerprint density at radius 3 is 2.94 bits per heavy atom. The van der Waals surface area contributed by atoms with Gasteiger partial charge in [-0.25, -0.2) is 4.68 Å². The van der Waals surface area contributed by atoms with Crippen LogP contribution in [0.3, 0.4) is 0 Å². The number of nitrogens with zero attached hydrogens (tertiary/aromatic N) is 3. The van der Waals surface area contributed by atoms with Crippen molar-refractivity contribution in [1.29, 1.82) is 0 Å². The highest BCUT2D eigenvalue weighted by atomic mass is 35.5. The molecule has 1 N–H and O–H groups in total. The van der Waals surface area contributed by atoms with Crippen molar-refractivity contribution < 1.29 is 0 Å². The maximum absolute atomic E-state index is 6.09. The Kier molecular flexibility index (Phi) is 4.12. The maximum Gasteiger partial charge on any atom is 0.0964 e. The lowest BCUT2D eigenvalue weighted by Crippen LogP contribution is -2.11. The fourth-order valence-corrected chi connectivity index (χ4v) is 1.75. The molecule has 0 aliphatic rings. The molecule has 1 aromatic heterocycles. The van der Waals surface area contributed by atoms with Gasteiger partial charge in [-0.3, -0.25) is 0 Å². The average Bonchev–Trinajstić information content (AvgIpc) is 2.77. The van der Waals surface area contributed by atoms with Crippen molar-refractivity contribution in [3.05, 3.63) is 46.7 Å². The van der Waals surface area contributed by atoms with E-state index in [0.29, 0.717) is 6.54 Å². The molecule has 0 aliphatic carbocycles. The zero-order valence-electron chi connectivity index (χ0n) is 9.73. The first-order valence-corrected chi connectivity index (χ1v) is 6.00. The third-order valence-electron chi connectivity index (χ3n) is 2.43. The summed E-state index contributed by atoms with van der Waals surface area (Å²) in [5.74, 6) is 0. The normalized spacial score (nSPS) is 10.7. The molecule has 0 amide bonds. The lowest BCUT2D eigenvalue weighted by Gasteiger charge is -2.02. The van der Waals surface area contributed by atoms with Gasteiger partial charge in [-0.1, -0.05) is 41.9 Å². The van der Waals surface area contributed by atoms with Crippen molar-refractivity contribution in [3.63, 3.8) is 0 Å². The summed E-state index contributed by atoms with van der Waals surface area (Å²) in [6.07, 6.45) is 1.94. The van der Waals surface area contributed by atoms with Gasteiger partial charge in [0.15, 0.2) is 0 Å². The lowest BCUT2D eigenvalue weighted by atomic mass is 10.2. The fraction of sp³-hybridized carbons (Fsp3) is 0.333. The third kappa shape index (κ3) is 3.28. The van der Waals surface area contributed by atoms with Crippen LogP contribution in [0.25, 0.3) is 0 Å². The Bertz CT molecular complexity index is 481. The molecule has 2 rings (SSSR count). The molecule has 5 heteroatoms. The van der Waals surface area contributed by atoms with E-state index in [4.69, 9.17) is 11.6 Å². The monoisotopic (exact) mass is 250 g/mol. The molecule has 0 atom stereocenters. The van der Waals surface area contributed by atoms with E-state index in [1.165, 1.54) is 0 Å². The van der Waals surface area contributed by atoms with Crippen LogP contribution < -0.4 is 5.32 Å². The van der Waals surface area contributed by atoms with Gasteiger partial charge in [0, 0.05) is 11.6 Å². The first kappa shape index (κ1) is 12.1. The smallest absolute Gasteiger partial charge is 0.0964 e. The second-order valence-electron chi connectivity index (χ2n) is 3.78. The number of halogens is 1. The highest BCUT2D eigenvalue weighted by Gasteiger charge is 2.03. The van der Waals surface area contributed by atoms with Crippen LogP contribution in [0.5, 0.6) is 0 Å². The standard InChI is InChI=1S/C12H15ClN4/c1-2-14-7-11-9-17(16-15-11)8-10-5-3-4-6-12(10)13/h3-6,9,14H,2,7-8H2,1H3. The van der Waals surface area contributed by atoms with Crippen LogP contribution in [0, 0.1) is 0 Å². The van der Waals surface area contributed by atoms with E-state index < -0.39 is 0 Å². The molecule has 1 heterocycles.